The van der Waals surface area contributed by atoms with E-state index in [1.54, 1.807) is 0 Å². The summed E-state index contributed by atoms with van der Waals surface area (Å²) < 4.78 is 56.5. The van der Waals surface area contributed by atoms with Crippen molar-refractivity contribution < 1.29 is 47.3 Å². The van der Waals surface area contributed by atoms with Crippen LogP contribution in [0.25, 0.3) is 5.52 Å². The Morgan fingerprint density at radius 3 is 2.38 bits per heavy atom. The van der Waals surface area contributed by atoms with Gasteiger partial charge in [0, 0.05) is 6.61 Å². The molecule has 2 aliphatic rings. The van der Waals surface area contributed by atoms with Crippen LogP contribution in [0.1, 0.15) is 114 Å². The van der Waals surface area contributed by atoms with Crippen LogP contribution in [0.15, 0.2) is 48.8 Å². The monoisotopic (exact) mass is 826 g/mol. The molecule has 3 aromatic rings. The smallest absolute Gasteiger partial charge is 0.385 e. The number of phosphoric ester groups is 1. The molecule has 15 nitrogen and oxygen atoms in total. The fourth-order valence-electron chi connectivity index (χ4n) is 7.28. The van der Waals surface area contributed by atoms with E-state index >= 15 is 0 Å². The molecule has 1 saturated heterocycles. The van der Waals surface area contributed by atoms with Crippen LogP contribution in [0.4, 0.5) is 10.2 Å². The second-order valence-electron chi connectivity index (χ2n) is 15.0. The molecule has 17 heteroatoms. The molecule has 2 fully saturated rings. The first-order chi connectivity index (χ1) is 28.0. The lowest BCUT2D eigenvalue weighted by Crippen LogP contribution is -2.47. The van der Waals surface area contributed by atoms with Crippen molar-refractivity contribution in [3.63, 3.8) is 0 Å². The molecule has 1 saturated carbocycles. The third-order valence-corrected chi connectivity index (χ3v) is 11.6. The predicted molar refractivity (Wildman–Crippen MR) is 211 cm³/mol. The van der Waals surface area contributed by atoms with Crippen LogP contribution in [0.2, 0.25) is 0 Å². The minimum atomic E-state index is -4.93. The number of unbranched alkanes of at least 4 members (excludes halogenated alkanes) is 12. The predicted octanol–water partition coefficient (Wildman–Crippen LogP) is 6.69. The quantitative estimate of drug-likeness (QED) is 0.0357. The van der Waals surface area contributed by atoms with Gasteiger partial charge in [-0.05, 0) is 68.0 Å². The van der Waals surface area contributed by atoms with E-state index in [4.69, 9.17) is 29.0 Å². The fraction of sp³-hybridized carbons (Fsp3) is 0.610. The molecule has 1 aliphatic heterocycles. The Kier molecular flexibility index (Phi) is 16.8. The van der Waals surface area contributed by atoms with Crippen molar-refractivity contribution in [1.82, 2.24) is 14.6 Å². The summed E-state index contributed by atoms with van der Waals surface area (Å²) in [4.78, 5) is 14.6. The van der Waals surface area contributed by atoms with E-state index in [1.807, 2.05) is 12.1 Å². The minimum absolute atomic E-state index is 0.0344. The van der Waals surface area contributed by atoms with Gasteiger partial charge in [-0.25, -0.2) is 18.5 Å². The van der Waals surface area contributed by atoms with E-state index in [1.165, 1.54) is 86.6 Å². The van der Waals surface area contributed by atoms with Crippen LogP contribution in [0, 0.1) is 28.5 Å². The Morgan fingerprint density at radius 2 is 1.72 bits per heavy atom. The van der Waals surface area contributed by atoms with Gasteiger partial charge >= 0.3 is 7.82 Å². The first-order valence-electron chi connectivity index (χ1n) is 20.3. The summed E-state index contributed by atoms with van der Waals surface area (Å²) in [6.07, 6.45) is 16.6. The molecule has 5 rings (SSSR count). The molecular weight excluding hydrogens is 770 g/mol. The maximum absolute atomic E-state index is 14.1. The summed E-state index contributed by atoms with van der Waals surface area (Å²) in [6.45, 7) is 1.96. The third-order valence-electron chi connectivity index (χ3n) is 10.6. The molecule has 0 amide bonds. The number of nitriles is 2. The molecule has 0 bridgehead atoms. The Morgan fingerprint density at radius 1 is 1.03 bits per heavy atom. The van der Waals surface area contributed by atoms with E-state index in [0.717, 1.165) is 44.5 Å². The average Bonchev–Trinajstić information content (AvgIpc) is 3.44. The molecule has 0 radical (unpaired) electrons. The van der Waals surface area contributed by atoms with Crippen molar-refractivity contribution in [1.29, 1.82) is 10.5 Å². The van der Waals surface area contributed by atoms with E-state index in [-0.39, 0.29) is 30.3 Å². The Hall–Kier alpha value is -3.80. The molecular formula is C41H56FN6O9P. The zero-order chi connectivity index (χ0) is 41.6. The lowest BCUT2D eigenvalue weighted by Gasteiger charge is -2.29. The summed E-state index contributed by atoms with van der Waals surface area (Å²) >= 11 is 0. The lowest BCUT2D eigenvalue weighted by atomic mass is 9.90. The highest BCUT2D eigenvalue weighted by Gasteiger charge is 2.83. The maximum atomic E-state index is 14.1. The van der Waals surface area contributed by atoms with Gasteiger partial charge in [-0.15, -0.1) is 0 Å². The highest BCUT2D eigenvalue weighted by Crippen LogP contribution is 2.63. The number of fused-ring (bicyclic) bond motifs is 2. The molecule has 58 heavy (non-hydrogen) atoms. The van der Waals surface area contributed by atoms with Crippen molar-refractivity contribution in [2.45, 2.75) is 139 Å². The fourth-order valence-corrected chi connectivity index (χ4v) is 8.26. The molecule has 1 aliphatic carbocycles. The number of ether oxygens (including phenoxy) is 3. The zero-order valence-corrected chi connectivity index (χ0v) is 34.0. The highest BCUT2D eigenvalue weighted by atomic mass is 31.2. The number of benzene rings is 1. The van der Waals surface area contributed by atoms with Gasteiger partial charge in [0.25, 0.3) is 0 Å². The third kappa shape index (κ3) is 11.5. The number of halogens is 1. The van der Waals surface area contributed by atoms with Crippen molar-refractivity contribution in [3.8, 4) is 12.1 Å². The number of hydrogen-bond donors (Lipinski definition) is 4. The van der Waals surface area contributed by atoms with Gasteiger partial charge < -0.3 is 35.1 Å². The minimum Gasteiger partial charge on any atom is -0.385 e. The van der Waals surface area contributed by atoms with Crippen molar-refractivity contribution in [2.75, 3.05) is 25.6 Å². The number of anilines is 1. The number of phosphoric acid groups is 1. The number of rotatable bonds is 27. The van der Waals surface area contributed by atoms with Crippen LogP contribution in [-0.4, -0.2) is 79.5 Å². The highest BCUT2D eigenvalue weighted by molar-refractivity contribution is 7.47. The molecule has 5 N–H and O–H groups in total. The van der Waals surface area contributed by atoms with Gasteiger partial charge in [-0.3, -0.25) is 9.05 Å². The summed E-state index contributed by atoms with van der Waals surface area (Å²) in [7, 11) is -4.93. The van der Waals surface area contributed by atoms with E-state index in [0.29, 0.717) is 17.7 Å². The largest absolute Gasteiger partial charge is 0.472 e. The van der Waals surface area contributed by atoms with Crippen molar-refractivity contribution in [3.05, 3.63) is 71.4 Å². The standard InChI is InChI=1S/C41H56FN6O9P/c1-2-3-4-5-6-7-8-9-10-11-12-13-14-15-16-17-20-53-26-33(54-25-31-21-30(24-43)22-32(42)23-31)27-55-58(51,52)57-37-36-41(37,50)39(49)40(28-44,56-36)35-19-18-34-38(45)46-29-47-48(34)35/h9-10,18-19,21-23,29,33,36-37,39,49-50H,2-8,11-17,20,25-27H2,1H3,(H,51,52)(H2,45,46,47)/b10-9+/t33-,36-,37?,39+,40+,41+/m1/s1. The Labute approximate surface area is 339 Å². The second kappa shape index (κ2) is 21.5. The molecule has 3 heterocycles. The second-order valence-corrected chi connectivity index (χ2v) is 16.4. The van der Waals surface area contributed by atoms with E-state index < -0.39 is 55.9 Å². The number of aliphatic hydroxyl groups is 2. The van der Waals surface area contributed by atoms with Crippen molar-refractivity contribution in [2.24, 2.45) is 0 Å². The topological polar surface area (TPSA) is 228 Å². The number of hydrogen-bond acceptors (Lipinski definition) is 13. The van der Waals surface area contributed by atoms with Gasteiger partial charge in [0.2, 0.25) is 5.60 Å². The molecule has 2 unspecified atom stereocenters. The van der Waals surface area contributed by atoms with Crippen LogP contribution in [-0.2, 0) is 40.0 Å². The van der Waals surface area contributed by atoms with E-state index in [2.05, 4.69) is 29.2 Å². The number of allylic oxidation sites excluding steroid dienone is 2. The number of aromatic nitrogens is 3. The Balaban J connectivity index is 1.06. The van der Waals surface area contributed by atoms with Gasteiger partial charge in [0.15, 0.2) is 11.4 Å². The van der Waals surface area contributed by atoms with Gasteiger partial charge in [0.1, 0.15) is 48.1 Å². The number of nitrogen functional groups attached to an aromatic ring is 1. The van der Waals surface area contributed by atoms with Crippen molar-refractivity contribution >= 4 is 19.2 Å². The number of nitrogens with two attached hydrogens (primary N) is 1. The van der Waals surface area contributed by atoms with Crippen LogP contribution in [0.5, 0.6) is 0 Å². The first kappa shape index (κ1) is 45.3. The summed E-state index contributed by atoms with van der Waals surface area (Å²) in [5.41, 5.74) is 2.42. The summed E-state index contributed by atoms with van der Waals surface area (Å²) in [6, 6.07) is 10.5. The van der Waals surface area contributed by atoms with Gasteiger partial charge in [-0.1, -0.05) is 76.9 Å². The van der Waals surface area contributed by atoms with E-state index in [9.17, 15) is 34.6 Å². The lowest BCUT2D eigenvalue weighted by molar-refractivity contribution is -0.107. The average molecular weight is 827 g/mol. The molecule has 7 atom stereocenters. The number of nitrogens with zero attached hydrogens (tertiary/aromatic N) is 5. The van der Waals surface area contributed by atoms with Crippen LogP contribution >= 0.6 is 7.82 Å². The first-order valence-corrected chi connectivity index (χ1v) is 21.8. The zero-order valence-electron chi connectivity index (χ0n) is 33.1. The molecule has 316 valence electrons. The molecule has 2 aromatic heterocycles. The summed E-state index contributed by atoms with van der Waals surface area (Å²) in [5, 5.41) is 46.0. The van der Waals surface area contributed by atoms with Gasteiger partial charge in [-0.2, -0.15) is 15.6 Å². The van der Waals surface area contributed by atoms with Crippen LogP contribution < -0.4 is 5.73 Å². The Bertz CT molecular complexity index is 1950. The molecule has 1 aromatic carbocycles. The maximum Gasteiger partial charge on any atom is 0.472 e. The summed E-state index contributed by atoms with van der Waals surface area (Å²) in [5.74, 6) is -0.505. The van der Waals surface area contributed by atoms with Gasteiger partial charge in [0.05, 0.1) is 37.1 Å². The van der Waals surface area contributed by atoms with Crippen LogP contribution in [0.3, 0.4) is 0 Å². The number of aliphatic hydroxyl groups excluding tert-OH is 1. The SMILES string of the molecule is CCCCCCCC/C=C/CCCCCCCCOC[C@H](COP(=O)(O)OC1[C@H]2O[C@@](C#N)(c3ccc4c(N)ncnn34)[C@H](O)[C@@]12O)OCc1cc(F)cc(C#N)c1. The normalized spacial score (nSPS) is 24.1. The molecule has 0 spiro atoms.